The lowest BCUT2D eigenvalue weighted by atomic mass is 10.1. The molecule has 2 nitrogen and oxygen atoms in total. The highest BCUT2D eigenvalue weighted by atomic mass is 31.1. The lowest BCUT2D eigenvalue weighted by molar-refractivity contribution is -0.140. The Labute approximate surface area is 125 Å². The largest absolute Gasteiger partial charge is 0.481 e. The molecule has 3 rings (SSSR count). The minimum absolute atomic E-state index is 0.337. The Balaban J connectivity index is 2.07. The van der Waals surface area contributed by atoms with Crippen LogP contribution in [0.25, 0.3) is 0 Å². The summed E-state index contributed by atoms with van der Waals surface area (Å²) in [6.45, 7) is 0. The van der Waals surface area contributed by atoms with Gasteiger partial charge in [-0.05, 0) is 36.7 Å². The number of carboxylic acid groups (broad SMARTS) is 1. The van der Waals surface area contributed by atoms with Gasteiger partial charge in [0.1, 0.15) is 0 Å². The molecule has 106 valence electrons. The number of aliphatic carboxylic acids is 1. The second kappa shape index (κ2) is 6.24. The van der Waals surface area contributed by atoms with E-state index in [1.165, 1.54) is 10.6 Å². The molecular weight excluding hydrogens is 279 g/mol. The van der Waals surface area contributed by atoms with E-state index in [9.17, 15) is 9.90 Å². The standard InChI is InChI=1S/C18H17O2P/c19-18(20)16-12-7-13-17(16)21(14-8-3-1-4-9-14)15-10-5-2-6-11-15/h1-6,8-11,13,16H,7,12H2,(H,19,20)/t16-/m1/s1. The number of hydrogen-bond acceptors (Lipinski definition) is 1. The first-order valence-electron chi connectivity index (χ1n) is 7.10. The fraction of sp³-hybridized carbons (Fsp3) is 0.167. The molecule has 0 bridgehead atoms. The van der Waals surface area contributed by atoms with E-state index in [1.807, 2.05) is 36.4 Å². The van der Waals surface area contributed by atoms with Crippen molar-refractivity contribution < 1.29 is 9.90 Å². The fourth-order valence-electron chi connectivity index (χ4n) is 2.79. The van der Waals surface area contributed by atoms with E-state index in [2.05, 4.69) is 30.3 Å². The monoisotopic (exact) mass is 296 g/mol. The summed E-state index contributed by atoms with van der Waals surface area (Å²) in [5.41, 5.74) is 0. The van der Waals surface area contributed by atoms with Crippen LogP contribution in [0.1, 0.15) is 12.8 Å². The Hall–Kier alpha value is -1.92. The number of carbonyl (C=O) groups is 1. The van der Waals surface area contributed by atoms with E-state index < -0.39 is 13.9 Å². The molecule has 3 heteroatoms. The zero-order valence-corrected chi connectivity index (χ0v) is 12.5. The van der Waals surface area contributed by atoms with Gasteiger partial charge in [0, 0.05) is 0 Å². The maximum atomic E-state index is 11.5. The Morgan fingerprint density at radius 3 is 1.95 bits per heavy atom. The quantitative estimate of drug-likeness (QED) is 0.877. The van der Waals surface area contributed by atoms with Crippen LogP contribution in [0.2, 0.25) is 0 Å². The molecule has 2 aromatic carbocycles. The van der Waals surface area contributed by atoms with Gasteiger partial charge in [-0.2, -0.15) is 0 Å². The Kier molecular flexibility index (Phi) is 4.17. The third kappa shape index (κ3) is 2.91. The SMILES string of the molecule is O=C(O)[C@@H]1CCC=C1P(c1ccccc1)c1ccccc1. The van der Waals surface area contributed by atoms with Gasteiger partial charge in [-0.3, -0.25) is 4.79 Å². The van der Waals surface area contributed by atoms with Gasteiger partial charge in [-0.1, -0.05) is 66.7 Å². The summed E-state index contributed by atoms with van der Waals surface area (Å²) in [7, 11) is -0.743. The van der Waals surface area contributed by atoms with Crippen molar-refractivity contribution in [3.63, 3.8) is 0 Å². The molecule has 0 fully saturated rings. The molecule has 1 aliphatic rings. The van der Waals surface area contributed by atoms with Crippen molar-refractivity contribution in [3.8, 4) is 0 Å². The van der Waals surface area contributed by atoms with Crippen LogP contribution in [-0.2, 0) is 4.79 Å². The number of rotatable bonds is 4. The third-order valence-corrected chi connectivity index (χ3v) is 6.39. The molecule has 0 heterocycles. The highest BCUT2D eigenvalue weighted by molar-refractivity contribution is 7.76. The zero-order valence-electron chi connectivity index (χ0n) is 11.6. The minimum Gasteiger partial charge on any atom is -0.481 e. The van der Waals surface area contributed by atoms with Crippen LogP contribution < -0.4 is 10.6 Å². The van der Waals surface area contributed by atoms with Crippen molar-refractivity contribution in [2.24, 2.45) is 5.92 Å². The smallest absolute Gasteiger partial charge is 0.311 e. The predicted octanol–water partition coefficient (Wildman–Crippen LogP) is 3.50. The number of carboxylic acids is 1. The maximum absolute atomic E-state index is 11.5. The zero-order chi connectivity index (χ0) is 14.7. The molecule has 0 spiro atoms. The third-order valence-electron chi connectivity index (χ3n) is 3.75. The van der Waals surface area contributed by atoms with Crippen LogP contribution in [0.15, 0.2) is 72.1 Å². The number of allylic oxidation sites excluding steroid dienone is 1. The van der Waals surface area contributed by atoms with Gasteiger partial charge in [0.25, 0.3) is 0 Å². The van der Waals surface area contributed by atoms with E-state index in [-0.39, 0.29) is 5.92 Å². The number of benzene rings is 2. The van der Waals surface area contributed by atoms with Gasteiger partial charge in [-0.15, -0.1) is 0 Å². The van der Waals surface area contributed by atoms with Gasteiger partial charge in [0.2, 0.25) is 0 Å². The van der Waals surface area contributed by atoms with Gasteiger partial charge in [0.05, 0.1) is 5.92 Å². The van der Waals surface area contributed by atoms with Crippen LogP contribution in [0, 0.1) is 5.92 Å². The van der Waals surface area contributed by atoms with Crippen molar-refractivity contribution in [1.82, 2.24) is 0 Å². The second-order valence-corrected chi connectivity index (χ2v) is 7.32. The van der Waals surface area contributed by atoms with Crippen molar-refractivity contribution in [1.29, 1.82) is 0 Å². The topological polar surface area (TPSA) is 37.3 Å². The van der Waals surface area contributed by atoms with Crippen molar-refractivity contribution >= 4 is 24.5 Å². The lowest BCUT2D eigenvalue weighted by Crippen LogP contribution is -2.19. The van der Waals surface area contributed by atoms with Crippen LogP contribution in [-0.4, -0.2) is 11.1 Å². The minimum atomic E-state index is -0.743. The van der Waals surface area contributed by atoms with Gasteiger partial charge in [-0.25, -0.2) is 0 Å². The molecule has 1 atom stereocenters. The van der Waals surface area contributed by atoms with Gasteiger partial charge >= 0.3 is 5.97 Å². The van der Waals surface area contributed by atoms with Gasteiger partial charge < -0.3 is 5.11 Å². The predicted molar refractivity (Wildman–Crippen MR) is 87.5 cm³/mol. The summed E-state index contributed by atoms with van der Waals surface area (Å²) in [4.78, 5) is 11.5. The lowest BCUT2D eigenvalue weighted by Gasteiger charge is -2.23. The molecule has 0 saturated carbocycles. The average Bonchev–Trinajstić information content (AvgIpc) is 2.99. The summed E-state index contributed by atoms with van der Waals surface area (Å²) in [6.07, 6.45) is 3.73. The molecular formula is C18H17O2P. The van der Waals surface area contributed by atoms with E-state index in [1.54, 1.807) is 0 Å². The first-order chi connectivity index (χ1) is 10.3. The van der Waals surface area contributed by atoms with Gasteiger partial charge in [0.15, 0.2) is 0 Å². The summed E-state index contributed by atoms with van der Waals surface area (Å²) in [6, 6.07) is 20.5. The molecule has 1 N–H and O–H groups in total. The molecule has 0 unspecified atom stereocenters. The summed E-state index contributed by atoms with van der Waals surface area (Å²) < 4.78 is 0. The molecule has 0 aliphatic heterocycles. The van der Waals surface area contributed by atoms with Crippen molar-refractivity contribution in [2.75, 3.05) is 0 Å². The molecule has 1 aliphatic carbocycles. The molecule has 0 saturated heterocycles. The first kappa shape index (κ1) is 14.0. The highest BCUT2D eigenvalue weighted by Crippen LogP contribution is 2.50. The highest BCUT2D eigenvalue weighted by Gasteiger charge is 2.32. The molecule has 2 aromatic rings. The normalized spacial score (nSPS) is 17.8. The van der Waals surface area contributed by atoms with E-state index in [4.69, 9.17) is 0 Å². The van der Waals surface area contributed by atoms with Crippen LogP contribution in [0.4, 0.5) is 0 Å². The Morgan fingerprint density at radius 1 is 0.952 bits per heavy atom. The van der Waals surface area contributed by atoms with Crippen LogP contribution in [0.3, 0.4) is 0 Å². The molecule has 0 amide bonds. The van der Waals surface area contributed by atoms with E-state index >= 15 is 0 Å². The molecule has 0 radical (unpaired) electrons. The van der Waals surface area contributed by atoms with Crippen molar-refractivity contribution in [2.45, 2.75) is 12.8 Å². The van der Waals surface area contributed by atoms with Crippen LogP contribution >= 0.6 is 7.92 Å². The maximum Gasteiger partial charge on any atom is 0.311 e. The van der Waals surface area contributed by atoms with Crippen LogP contribution in [0.5, 0.6) is 0 Å². The Morgan fingerprint density at radius 2 is 1.48 bits per heavy atom. The Bertz CT molecular complexity index is 610. The summed E-state index contributed by atoms with van der Waals surface area (Å²) in [5, 5.41) is 13.0. The fourth-order valence-corrected chi connectivity index (χ4v) is 5.48. The molecule has 0 aromatic heterocycles. The first-order valence-corrected chi connectivity index (χ1v) is 8.44. The van der Waals surface area contributed by atoms with E-state index in [0.717, 1.165) is 18.2 Å². The van der Waals surface area contributed by atoms with E-state index in [0.29, 0.717) is 0 Å². The molecule has 21 heavy (non-hydrogen) atoms. The average molecular weight is 296 g/mol. The number of hydrogen-bond donors (Lipinski definition) is 1. The second-order valence-electron chi connectivity index (χ2n) is 5.10. The van der Waals surface area contributed by atoms with Crippen molar-refractivity contribution in [3.05, 3.63) is 72.1 Å². The summed E-state index contributed by atoms with van der Waals surface area (Å²) in [5.74, 6) is -1.03. The summed E-state index contributed by atoms with van der Waals surface area (Å²) >= 11 is 0.